The number of rotatable bonds is 6. The highest BCUT2D eigenvalue weighted by Crippen LogP contribution is 2.24. The lowest BCUT2D eigenvalue weighted by Gasteiger charge is -2.19. The summed E-state index contributed by atoms with van der Waals surface area (Å²) in [5.74, 6) is 0.434. The molecule has 1 N–H and O–H groups in total. The number of carbonyl (C=O) groups is 2. The molecule has 1 saturated heterocycles. The molecule has 7 heteroatoms. The van der Waals surface area contributed by atoms with E-state index in [2.05, 4.69) is 18.7 Å². The van der Waals surface area contributed by atoms with Gasteiger partial charge in [0.25, 0.3) is 5.91 Å². The molecule has 116 valence electrons. The van der Waals surface area contributed by atoms with Gasteiger partial charge in [-0.1, -0.05) is 13.8 Å². The first kappa shape index (κ1) is 15.9. The minimum absolute atomic E-state index is 0.214. The summed E-state index contributed by atoms with van der Waals surface area (Å²) in [5.41, 5.74) is 0. The highest BCUT2D eigenvalue weighted by molar-refractivity contribution is 7.99. The van der Waals surface area contributed by atoms with Crippen LogP contribution in [0.15, 0.2) is 16.5 Å². The molecule has 1 fully saturated rings. The molecule has 0 unspecified atom stereocenters. The lowest BCUT2D eigenvalue weighted by Crippen LogP contribution is -2.41. The summed E-state index contributed by atoms with van der Waals surface area (Å²) in [6.07, 6.45) is 0. The molecule has 0 spiro atoms. The van der Waals surface area contributed by atoms with Crippen LogP contribution in [0.3, 0.4) is 0 Å². The normalized spacial score (nSPS) is 18.4. The van der Waals surface area contributed by atoms with Gasteiger partial charge in [-0.05, 0) is 25.2 Å². The number of hydrogen-bond donors (Lipinski definition) is 1. The maximum absolute atomic E-state index is 12.3. The van der Waals surface area contributed by atoms with Gasteiger partial charge in [-0.3, -0.25) is 9.69 Å². The quantitative estimate of drug-likeness (QED) is 0.862. The molecular formula is C14H20N2O4S. The van der Waals surface area contributed by atoms with Crippen molar-refractivity contribution in [3.63, 3.8) is 0 Å². The third-order valence-corrected chi connectivity index (χ3v) is 4.59. The molecule has 0 aromatic carbocycles. The van der Waals surface area contributed by atoms with Gasteiger partial charge in [0.05, 0.1) is 12.4 Å². The summed E-state index contributed by atoms with van der Waals surface area (Å²) < 4.78 is 5.59. The summed E-state index contributed by atoms with van der Waals surface area (Å²) in [6, 6.07) is 2.65. The molecular weight excluding hydrogens is 292 g/mol. The average Bonchev–Trinajstić information content (AvgIpc) is 3.13. The molecule has 2 rings (SSSR count). The van der Waals surface area contributed by atoms with Crippen LogP contribution in [0.1, 0.15) is 30.2 Å². The molecule has 1 atom stereocenters. The van der Waals surface area contributed by atoms with E-state index in [4.69, 9.17) is 9.52 Å². The Kier molecular flexibility index (Phi) is 5.30. The van der Waals surface area contributed by atoms with Gasteiger partial charge in [-0.25, -0.2) is 4.79 Å². The van der Waals surface area contributed by atoms with Crippen LogP contribution in [0.25, 0.3) is 0 Å². The molecule has 2 heterocycles. The summed E-state index contributed by atoms with van der Waals surface area (Å²) in [6.45, 7) is 6.60. The molecule has 21 heavy (non-hydrogen) atoms. The second-order valence-corrected chi connectivity index (χ2v) is 5.86. The van der Waals surface area contributed by atoms with Crippen molar-refractivity contribution in [2.75, 3.05) is 24.7 Å². The monoisotopic (exact) mass is 312 g/mol. The fraction of sp³-hybridized carbons (Fsp3) is 0.571. The molecule has 1 aromatic rings. The van der Waals surface area contributed by atoms with Crippen molar-refractivity contribution in [1.82, 2.24) is 9.80 Å². The fourth-order valence-electron chi connectivity index (χ4n) is 2.23. The lowest BCUT2D eigenvalue weighted by atomic mass is 10.3. The SMILES string of the molecule is CCN(CC)Cc1ccc(C(=O)N2CSC[C@H]2C(=O)O)o1. The molecule has 1 aliphatic rings. The smallest absolute Gasteiger partial charge is 0.327 e. The van der Waals surface area contributed by atoms with Crippen LogP contribution in [-0.2, 0) is 11.3 Å². The van der Waals surface area contributed by atoms with E-state index in [0.29, 0.717) is 18.2 Å². The predicted molar refractivity (Wildman–Crippen MR) is 80.3 cm³/mol. The highest BCUT2D eigenvalue weighted by Gasteiger charge is 2.36. The van der Waals surface area contributed by atoms with E-state index in [-0.39, 0.29) is 11.7 Å². The fourth-order valence-corrected chi connectivity index (χ4v) is 3.38. The van der Waals surface area contributed by atoms with E-state index in [1.165, 1.54) is 16.7 Å². The number of carboxylic acid groups (broad SMARTS) is 1. The Balaban J connectivity index is 2.06. The van der Waals surface area contributed by atoms with Crippen molar-refractivity contribution in [2.45, 2.75) is 26.4 Å². The first-order chi connectivity index (χ1) is 10.1. The Labute approximate surface area is 128 Å². The Morgan fingerprint density at radius 1 is 1.43 bits per heavy atom. The zero-order valence-electron chi connectivity index (χ0n) is 12.2. The molecule has 1 aliphatic heterocycles. The van der Waals surface area contributed by atoms with Gasteiger partial charge in [0, 0.05) is 5.75 Å². The number of nitrogens with zero attached hydrogens (tertiary/aromatic N) is 2. The molecule has 0 bridgehead atoms. The van der Waals surface area contributed by atoms with Crippen molar-refractivity contribution >= 4 is 23.6 Å². The van der Waals surface area contributed by atoms with Gasteiger partial charge >= 0.3 is 5.97 Å². The first-order valence-electron chi connectivity index (χ1n) is 6.99. The van der Waals surface area contributed by atoms with Gasteiger partial charge in [0.2, 0.25) is 0 Å². The van der Waals surface area contributed by atoms with Crippen molar-refractivity contribution in [2.24, 2.45) is 0 Å². The maximum Gasteiger partial charge on any atom is 0.327 e. The number of thioether (sulfide) groups is 1. The average molecular weight is 312 g/mol. The van der Waals surface area contributed by atoms with Crippen LogP contribution in [0.5, 0.6) is 0 Å². The van der Waals surface area contributed by atoms with Crippen LogP contribution >= 0.6 is 11.8 Å². The van der Waals surface area contributed by atoms with E-state index in [9.17, 15) is 9.59 Å². The highest BCUT2D eigenvalue weighted by atomic mass is 32.2. The van der Waals surface area contributed by atoms with Crippen molar-refractivity contribution in [3.8, 4) is 0 Å². The van der Waals surface area contributed by atoms with E-state index in [1.54, 1.807) is 12.1 Å². The Morgan fingerprint density at radius 3 is 2.76 bits per heavy atom. The number of aliphatic carboxylic acids is 1. The number of carbonyl (C=O) groups excluding carboxylic acids is 1. The summed E-state index contributed by atoms with van der Waals surface area (Å²) in [4.78, 5) is 27.0. The van der Waals surface area contributed by atoms with Gasteiger partial charge in [-0.2, -0.15) is 0 Å². The minimum Gasteiger partial charge on any atom is -0.480 e. The molecule has 1 aromatic heterocycles. The largest absolute Gasteiger partial charge is 0.480 e. The maximum atomic E-state index is 12.3. The summed E-state index contributed by atoms with van der Waals surface area (Å²) in [5, 5.41) is 9.12. The van der Waals surface area contributed by atoms with Crippen LogP contribution in [0.2, 0.25) is 0 Å². The third-order valence-electron chi connectivity index (χ3n) is 3.57. The minimum atomic E-state index is -0.969. The van der Waals surface area contributed by atoms with Gasteiger partial charge in [0.1, 0.15) is 11.8 Å². The molecule has 0 radical (unpaired) electrons. The van der Waals surface area contributed by atoms with Gasteiger partial charge in [0.15, 0.2) is 5.76 Å². The number of amides is 1. The Morgan fingerprint density at radius 2 is 2.14 bits per heavy atom. The van der Waals surface area contributed by atoms with E-state index in [1.807, 2.05) is 0 Å². The topological polar surface area (TPSA) is 74.0 Å². The van der Waals surface area contributed by atoms with Crippen LogP contribution < -0.4 is 0 Å². The lowest BCUT2D eigenvalue weighted by molar-refractivity contribution is -0.140. The third kappa shape index (κ3) is 3.59. The molecule has 6 nitrogen and oxygen atoms in total. The van der Waals surface area contributed by atoms with Crippen molar-refractivity contribution in [1.29, 1.82) is 0 Å². The van der Waals surface area contributed by atoms with Crippen molar-refractivity contribution < 1.29 is 19.1 Å². The standard InChI is InChI=1S/C14H20N2O4S/c1-3-15(4-2)7-10-5-6-12(20-10)13(17)16-9-21-8-11(16)14(18)19/h5-6,11H,3-4,7-9H2,1-2H3,(H,18,19)/t11-/m0/s1. The van der Waals surface area contributed by atoms with Gasteiger partial charge < -0.3 is 14.4 Å². The Hall–Kier alpha value is -1.47. The van der Waals surface area contributed by atoms with E-state index in [0.717, 1.165) is 18.8 Å². The zero-order chi connectivity index (χ0) is 15.4. The zero-order valence-corrected chi connectivity index (χ0v) is 13.1. The van der Waals surface area contributed by atoms with Crippen molar-refractivity contribution in [3.05, 3.63) is 23.7 Å². The summed E-state index contributed by atoms with van der Waals surface area (Å²) in [7, 11) is 0. The number of furan rings is 1. The Bertz CT molecular complexity index is 513. The van der Waals surface area contributed by atoms with Gasteiger partial charge in [-0.15, -0.1) is 11.8 Å². The first-order valence-corrected chi connectivity index (χ1v) is 8.14. The second kappa shape index (κ2) is 7.00. The van der Waals surface area contributed by atoms with Crippen LogP contribution in [0, 0.1) is 0 Å². The molecule has 0 aliphatic carbocycles. The number of carboxylic acids is 1. The van der Waals surface area contributed by atoms with E-state index < -0.39 is 12.0 Å². The second-order valence-electron chi connectivity index (χ2n) is 4.86. The summed E-state index contributed by atoms with van der Waals surface area (Å²) >= 11 is 1.44. The predicted octanol–water partition coefficient (Wildman–Crippen LogP) is 1.72. The van der Waals surface area contributed by atoms with Crippen LogP contribution in [0.4, 0.5) is 0 Å². The van der Waals surface area contributed by atoms with Crippen LogP contribution in [-0.4, -0.2) is 57.5 Å². The molecule has 0 saturated carbocycles. The molecule has 1 amide bonds. The number of hydrogen-bond acceptors (Lipinski definition) is 5. The van der Waals surface area contributed by atoms with E-state index >= 15 is 0 Å².